The maximum absolute atomic E-state index is 13.5. The van der Waals surface area contributed by atoms with E-state index < -0.39 is 20.9 Å². The van der Waals surface area contributed by atoms with Crippen molar-refractivity contribution < 1.29 is 12.8 Å². The van der Waals surface area contributed by atoms with Crippen molar-refractivity contribution in [1.29, 1.82) is 0 Å². The Bertz CT molecular complexity index is 740. The molecule has 2 heterocycles. The van der Waals surface area contributed by atoms with E-state index in [2.05, 4.69) is 14.8 Å². The smallest absolute Gasteiger partial charge is 0.261 e. The lowest BCUT2D eigenvalue weighted by Crippen LogP contribution is -2.25. The van der Waals surface area contributed by atoms with Gasteiger partial charge in [-0.1, -0.05) is 0 Å². The Hall–Kier alpha value is -1.80. The van der Waals surface area contributed by atoms with Gasteiger partial charge in [-0.25, -0.2) is 22.5 Å². The minimum atomic E-state index is -3.99. The van der Waals surface area contributed by atoms with Crippen molar-refractivity contribution in [3.05, 3.63) is 41.1 Å². The molecule has 1 N–H and O–H groups in total. The van der Waals surface area contributed by atoms with Crippen LogP contribution in [-0.4, -0.2) is 23.2 Å². The number of aryl methyl sites for hydroxylation is 2. The highest BCUT2D eigenvalue weighted by Crippen LogP contribution is 2.14. The van der Waals surface area contributed by atoms with E-state index in [4.69, 9.17) is 0 Å². The van der Waals surface area contributed by atoms with Crippen LogP contribution in [-0.2, 0) is 23.6 Å². The van der Waals surface area contributed by atoms with E-state index in [0.29, 0.717) is 0 Å². The molecule has 0 saturated carbocycles. The summed E-state index contributed by atoms with van der Waals surface area (Å²) < 4.78 is 41.5. The maximum Gasteiger partial charge on any atom is 0.261 e. The second kappa shape index (κ2) is 5.29. The Balaban J connectivity index is 2.24. The largest absolute Gasteiger partial charge is 0.272 e. The van der Waals surface area contributed by atoms with Gasteiger partial charge in [0.1, 0.15) is 0 Å². The molecular formula is C12H15FN4O2S. The fourth-order valence-electron chi connectivity index (χ4n) is 1.88. The van der Waals surface area contributed by atoms with Crippen LogP contribution in [0.2, 0.25) is 0 Å². The van der Waals surface area contributed by atoms with Crippen LogP contribution in [0.3, 0.4) is 0 Å². The third-order valence-electron chi connectivity index (χ3n) is 3.08. The van der Waals surface area contributed by atoms with Gasteiger partial charge in [-0.05, 0) is 26.0 Å². The first-order valence-corrected chi connectivity index (χ1v) is 7.40. The van der Waals surface area contributed by atoms with Crippen molar-refractivity contribution >= 4 is 10.0 Å². The maximum atomic E-state index is 13.5. The predicted molar refractivity (Wildman–Crippen MR) is 70.9 cm³/mol. The molecule has 2 aromatic rings. The van der Waals surface area contributed by atoms with Crippen molar-refractivity contribution in [3.8, 4) is 0 Å². The van der Waals surface area contributed by atoms with Gasteiger partial charge in [0.15, 0.2) is 5.82 Å². The standard InChI is InChI=1S/C12H15FN4O2S/c1-8-10(9(2)17(3)16-8)7-15-20(18,19)12-11(13)5-4-6-14-12/h4-6,15H,7H2,1-3H3. The molecule has 0 aliphatic carbocycles. The lowest BCUT2D eigenvalue weighted by atomic mass is 10.2. The van der Waals surface area contributed by atoms with Crippen molar-refractivity contribution in [2.24, 2.45) is 7.05 Å². The molecule has 0 aromatic carbocycles. The molecule has 0 amide bonds. The third-order valence-corrected chi connectivity index (χ3v) is 4.41. The average Bonchev–Trinajstić information content (AvgIpc) is 2.61. The van der Waals surface area contributed by atoms with E-state index in [0.717, 1.165) is 23.0 Å². The molecule has 0 aliphatic heterocycles. The molecule has 0 saturated heterocycles. The van der Waals surface area contributed by atoms with E-state index in [1.54, 1.807) is 18.7 Å². The van der Waals surface area contributed by atoms with Crippen molar-refractivity contribution in [2.45, 2.75) is 25.4 Å². The van der Waals surface area contributed by atoms with Crippen LogP contribution in [0.5, 0.6) is 0 Å². The molecule has 20 heavy (non-hydrogen) atoms. The van der Waals surface area contributed by atoms with Crippen molar-refractivity contribution in [1.82, 2.24) is 19.5 Å². The van der Waals surface area contributed by atoms with Crippen LogP contribution >= 0.6 is 0 Å². The summed E-state index contributed by atoms with van der Waals surface area (Å²) in [5, 5.41) is 3.60. The third kappa shape index (κ3) is 2.70. The summed E-state index contributed by atoms with van der Waals surface area (Å²) in [6.45, 7) is 3.67. The van der Waals surface area contributed by atoms with E-state index >= 15 is 0 Å². The molecule has 0 aliphatic rings. The summed E-state index contributed by atoms with van der Waals surface area (Å²) in [6.07, 6.45) is 1.23. The van der Waals surface area contributed by atoms with Crippen molar-refractivity contribution in [3.63, 3.8) is 0 Å². The number of pyridine rings is 1. The van der Waals surface area contributed by atoms with Gasteiger partial charge in [0.25, 0.3) is 10.0 Å². The second-order valence-corrected chi connectivity index (χ2v) is 6.07. The van der Waals surface area contributed by atoms with Gasteiger partial charge in [0.2, 0.25) is 5.03 Å². The first kappa shape index (κ1) is 14.6. The van der Waals surface area contributed by atoms with Gasteiger partial charge < -0.3 is 0 Å². The zero-order valence-corrected chi connectivity index (χ0v) is 12.2. The van der Waals surface area contributed by atoms with Gasteiger partial charge in [0.05, 0.1) is 5.69 Å². The molecule has 2 rings (SSSR count). The number of rotatable bonds is 4. The molecule has 2 aromatic heterocycles. The Labute approximate surface area is 116 Å². The van der Waals surface area contributed by atoms with Crippen LogP contribution in [0.25, 0.3) is 0 Å². The van der Waals surface area contributed by atoms with E-state index in [1.807, 2.05) is 6.92 Å². The highest BCUT2D eigenvalue weighted by atomic mass is 32.2. The minimum absolute atomic E-state index is 0.0455. The molecule has 0 bridgehead atoms. The zero-order chi connectivity index (χ0) is 14.9. The molecule has 0 spiro atoms. The van der Waals surface area contributed by atoms with E-state index in [1.165, 1.54) is 12.3 Å². The summed E-state index contributed by atoms with van der Waals surface area (Å²) in [6, 6.07) is 2.39. The highest BCUT2D eigenvalue weighted by Gasteiger charge is 2.21. The second-order valence-electron chi connectivity index (χ2n) is 4.39. The Kier molecular flexibility index (Phi) is 3.87. The molecule has 0 atom stereocenters. The number of aromatic nitrogens is 3. The van der Waals surface area contributed by atoms with Crippen LogP contribution < -0.4 is 4.72 Å². The number of hydrogen-bond acceptors (Lipinski definition) is 4. The Morgan fingerprint density at radius 3 is 2.65 bits per heavy atom. The average molecular weight is 298 g/mol. The van der Waals surface area contributed by atoms with Crippen LogP contribution in [0.4, 0.5) is 4.39 Å². The number of sulfonamides is 1. The molecule has 0 unspecified atom stereocenters. The van der Waals surface area contributed by atoms with Crippen LogP contribution in [0.1, 0.15) is 17.0 Å². The van der Waals surface area contributed by atoms with Gasteiger partial charge in [-0.2, -0.15) is 5.10 Å². The molecule has 0 fully saturated rings. The number of nitrogens with one attached hydrogen (secondary N) is 1. The summed E-state index contributed by atoms with van der Waals surface area (Å²) in [7, 11) is -2.21. The number of hydrogen-bond donors (Lipinski definition) is 1. The molecule has 8 heteroatoms. The monoisotopic (exact) mass is 298 g/mol. The van der Waals surface area contributed by atoms with Gasteiger partial charge in [0, 0.05) is 31.0 Å². The molecule has 0 radical (unpaired) electrons. The predicted octanol–water partition coefficient (Wildman–Crippen LogP) is 1.05. The normalized spacial score (nSPS) is 11.8. The SMILES string of the molecule is Cc1nn(C)c(C)c1CNS(=O)(=O)c1ncccc1F. The fraction of sp³-hybridized carbons (Fsp3) is 0.333. The quantitative estimate of drug-likeness (QED) is 0.915. The summed E-state index contributed by atoms with van der Waals surface area (Å²) in [5.41, 5.74) is 2.35. The number of nitrogens with zero attached hydrogens (tertiary/aromatic N) is 3. The van der Waals surface area contributed by atoms with Crippen LogP contribution in [0.15, 0.2) is 23.4 Å². The lowest BCUT2D eigenvalue weighted by Gasteiger charge is -2.07. The number of halogens is 1. The van der Waals surface area contributed by atoms with Crippen molar-refractivity contribution in [2.75, 3.05) is 0 Å². The Morgan fingerprint density at radius 2 is 2.10 bits per heavy atom. The Morgan fingerprint density at radius 1 is 1.40 bits per heavy atom. The minimum Gasteiger partial charge on any atom is -0.272 e. The fourth-order valence-corrected chi connectivity index (χ4v) is 2.87. The topological polar surface area (TPSA) is 76.9 Å². The molecular weight excluding hydrogens is 283 g/mol. The lowest BCUT2D eigenvalue weighted by molar-refractivity contribution is 0.544. The molecule has 108 valence electrons. The van der Waals surface area contributed by atoms with E-state index in [-0.39, 0.29) is 6.54 Å². The van der Waals surface area contributed by atoms with Gasteiger partial charge >= 0.3 is 0 Å². The first-order valence-electron chi connectivity index (χ1n) is 5.92. The summed E-state index contributed by atoms with van der Waals surface area (Å²) >= 11 is 0. The first-order chi connectivity index (χ1) is 9.33. The van der Waals surface area contributed by atoms with Gasteiger partial charge in [-0.15, -0.1) is 0 Å². The molecule has 6 nitrogen and oxygen atoms in total. The highest BCUT2D eigenvalue weighted by molar-refractivity contribution is 7.89. The zero-order valence-electron chi connectivity index (χ0n) is 11.4. The van der Waals surface area contributed by atoms with Crippen LogP contribution in [0, 0.1) is 19.7 Å². The summed E-state index contributed by atoms with van der Waals surface area (Å²) in [4.78, 5) is 3.57. The van der Waals surface area contributed by atoms with E-state index in [9.17, 15) is 12.8 Å². The summed E-state index contributed by atoms with van der Waals surface area (Å²) in [5.74, 6) is -0.875. The van der Waals surface area contributed by atoms with Gasteiger partial charge in [-0.3, -0.25) is 4.68 Å².